The van der Waals surface area contributed by atoms with E-state index in [0.717, 1.165) is 17.7 Å². The average Bonchev–Trinajstić information content (AvgIpc) is 3.19. The van der Waals surface area contributed by atoms with Gasteiger partial charge in [-0.25, -0.2) is 23.4 Å². The number of imidazole rings is 1. The Morgan fingerprint density at radius 1 is 0.781 bits per heavy atom. The first kappa shape index (κ1) is 20.1. The van der Waals surface area contributed by atoms with E-state index in [2.05, 4.69) is 39.2 Å². The van der Waals surface area contributed by atoms with Gasteiger partial charge in [0.15, 0.2) is 21.1 Å². The number of nitrogens with zero attached hydrogens (tertiary/aromatic N) is 4. The van der Waals surface area contributed by atoms with Crippen LogP contribution in [0.1, 0.15) is 11.1 Å². The summed E-state index contributed by atoms with van der Waals surface area (Å²) in [6.45, 7) is 0. The second-order valence-corrected chi connectivity index (χ2v) is 9.62. The third-order valence-electron chi connectivity index (χ3n) is 5.28. The molecule has 5 aromatic rings. The molecule has 0 amide bonds. The molecule has 0 aliphatic heterocycles. The molecule has 0 fully saturated rings. The fourth-order valence-corrected chi connectivity index (χ4v) is 4.32. The molecule has 0 unspecified atom stereocenters. The van der Waals surface area contributed by atoms with Crippen molar-refractivity contribution in [2.75, 3.05) is 6.26 Å². The molecule has 32 heavy (non-hydrogen) atoms. The van der Waals surface area contributed by atoms with Crippen LogP contribution in [0.2, 0.25) is 0 Å². The van der Waals surface area contributed by atoms with Crippen LogP contribution in [0.3, 0.4) is 0 Å². The molecule has 0 aliphatic carbocycles. The molecule has 5 rings (SSSR count). The lowest BCUT2D eigenvalue weighted by atomic mass is 10.0. The van der Waals surface area contributed by atoms with E-state index in [-0.39, 0.29) is 4.90 Å². The van der Waals surface area contributed by atoms with Crippen LogP contribution < -0.4 is 0 Å². The van der Waals surface area contributed by atoms with Gasteiger partial charge in [0, 0.05) is 29.9 Å². The van der Waals surface area contributed by atoms with Crippen LogP contribution in [0.25, 0.3) is 28.4 Å². The van der Waals surface area contributed by atoms with Crippen LogP contribution in [0, 0.1) is 0 Å². The van der Waals surface area contributed by atoms with Crippen molar-refractivity contribution < 1.29 is 8.42 Å². The minimum Gasteiger partial charge on any atom is -0.275 e. The zero-order valence-electron chi connectivity index (χ0n) is 17.4. The van der Waals surface area contributed by atoms with Crippen LogP contribution in [0.15, 0.2) is 96.2 Å². The number of benzene rings is 3. The Kier molecular flexibility index (Phi) is 5.03. The molecule has 3 aromatic carbocycles. The highest BCUT2D eigenvalue weighted by molar-refractivity contribution is 7.90. The summed E-state index contributed by atoms with van der Waals surface area (Å²) in [5.41, 5.74) is 5.33. The lowest BCUT2D eigenvalue weighted by molar-refractivity contribution is 0.602. The van der Waals surface area contributed by atoms with Crippen molar-refractivity contribution in [3.05, 3.63) is 102 Å². The monoisotopic (exact) mass is 440 g/mol. The maximum Gasteiger partial charge on any atom is 0.198 e. The Balaban J connectivity index is 1.58. The Hall–Kier alpha value is -3.84. The third-order valence-corrected chi connectivity index (χ3v) is 6.41. The first-order valence-corrected chi connectivity index (χ1v) is 12.0. The van der Waals surface area contributed by atoms with Gasteiger partial charge >= 0.3 is 0 Å². The molecule has 0 spiro atoms. The Bertz CT molecular complexity index is 1490. The fourth-order valence-electron chi connectivity index (χ4n) is 3.69. The average molecular weight is 441 g/mol. The summed E-state index contributed by atoms with van der Waals surface area (Å²) in [7, 11) is -3.27. The van der Waals surface area contributed by atoms with Gasteiger partial charge in [-0.3, -0.25) is 4.57 Å². The van der Waals surface area contributed by atoms with E-state index in [1.807, 2.05) is 34.9 Å². The molecule has 0 radical (unpaired) electrons. The largest absolute Gasteiger partial charge is 0.275 e. The van der Waals surface area contributed by atoms with Gasteiger partial charge in [0.1, 0.15) is 5.82 Å². The minimum absolute atomic E-state index is 0.269. The van der Waals surface area contributed by atoms with Gasteiger partial charge in [0.05, 0.1) is 4.90 Å². The van der Waals surface area contributed by atoms with Gasteiger partial charge in [-0.15, -0.1) is 0 Å². The normalized spacial score (nSPS) is 11.7. The molecule has 158 valence electrons. The van der Waals surface area contributed by atoms with Crippen LogP contribution in [-0.2, 0) is 16.3 Å². The number of hydrogen-bond acceptors (Lipinski definition) is 5. The predicted octanol–water partition coefficient (Wildman–Crippen LogP) is 4.48. The summed E-state index contributed by atoms with van der Waals surface area (Å²) in [6, 6.07) is 25.3. The van der Waals surface area contributed by atoms with E-state index in [1.54, 1.807) is 36.7 Å². The number of rotatable bonds is 5. The molecule has 0 aliphatic rings. The van der Waals surface area contributed by atoms with Crippen molar-refractivity contribution in [2.45, 2.75) is 11.3 Å². The lowest BCUT2D eigenvalue weighted by Gasteiger charge is -2.10. The van der Waals surface area contributed by atoms with Crippen molar-refractivity contribution in [3.8, 4) is 17.1 Å². The fraction of sp³-hybridized carbons (Fsp3) is 0.0800. The molecule has 0 saturated heterocycles. The van der Waals surface area contributed by atoms with Crippen LogP contribution >= 0.6 is 0 Å². The van der Waals surface area contributed by atoms with Crippen molar-refractivity contribution in [3.63, 3.8) is 0 Å². The zero-order chi connectivity index (χ0) is 22.1. The summed E-state index contributed by atoms with van der Waals surface area (Å²) in [5, 5.41) is 0. The standard InChI is InChI=1S/C25H20N4O2S/c1-32(30,31)22-13-9-20(10-14-22)24-28-23-25(27-16-15-26-23)29(24)21-11-7-19(8-12-21)17-18-5-3-2-4-6-18/h2-16H,17H2,1H3. The first-order valence-electron chi connectivity index (χ1n) is 10.1. The summed E-state index contributed by atoms with van der Waals surface area (Å²) >= 11 is 0. The second-order valence-electron chi connectivity index (χ2n) is 7.60. The van der Waals surface area contributed by atoms with Crippen LogP contribution in [-0.4, -0.2) is 34.2 Å². The highest BCUT2D eigenvalue weighted by Crippen LogP contribution is 2.28. The Morgan fingerprint density at radius 2 is 1.44 bits per heavy atom. The van der Waals surface area contributed by atoms with Gasteiger partial charge < -0.3 is 0 Å². The highest BCUT2D eigenvalue weighted by Gasteiger charge is 2.17. The number of hydrogen-bond donors (Lipinski definition) is 0. The van der Waals surface area contributed by atoms with Gasteiger partial charge in [0.2, 0.25) is 0 Å². The zero-order valence-corrected chi connectivity index (χ0v) is 18.2. The predicted molar refractivity (Wildman–Crippen MR) is 124 cm³/mol. The maximum absolute atomic E-state index is 11.8. The first-order chi connectivity index (χ1) is 15.5. The van der Waals surface area contributed by atoms with E-state index >= 15 is 0 Å². The molecule has 0 bridgehead atoms. The van der Waals surface area contributed by atoms with Gasteiger partial charge in [-0.1, -0.05) is 42.5 Å². The van der Waals surface area contributed by atoms with Crippen molar-refractivity contribution in [1.29, 1.82) is 0 Å². The van der Waals surface area contributed by atoms with Crippen molar-refractivity contribution in [2.24, 2.45) is 0 Å². The Morgan fingerprint density at radius 3 is 2.12 bits per heavy atom. The topological polar surface area (TPSA) is 77.7 Å². The molecule has 6 nitrogen and oxygen atoms in total. The smallest absolute Gasteiger partial charge is 0.198 e. The maximum atomic E-state index is 11.8. The second kappa shape index (κ2) is 8.01. The van der Waals surface area contributed by atoms with Crippen LogP contribution in [0.4, 0.5) is 0 Å². The summed E-state index contributed by atoms with van der Waals surface area (Å²) in [5.74, 6) is 0.655. The molecule has 0 N–H and O–H groups in total. The number of fused-ring (bicyclic) bond motifs is 1. The van der Waals surface area contributed by atoms with Crippen molar-refractivity contribution >= 4 is 21.1 Å². The molecule has 7 heteroatoms. The summed E-state index contributed by atoms with van der Waals surface area (Å²) < 4.78 is 25.6. The summed E-state index contributed by atoms with van der Waals surface area (Å²) in [4.78, 5) is 13.8. The van der Waals surface area contributed by atoms with Gasteiger partial charge in [0.25, 0.3) is 0 Å². The SMILES string of the molecule is CS(=O)(=O)c1ccc(-c2nc3nccnc3n2-c2ccc(Cc3ccccc3)cc2)cc1. The lowest BCUT2D eigenvalue weighted by Crippen LogP contribution is -2.00. The van der Waals surface area contributed by atoms with E-state index in [9.17, 15) is 8.42 Å². The van der Waals surface area contributed by atoms with E-state index in [1.165, 1.54) is 17.4 Å². The van der Waals surface area contributed by atoms with Gasteiger partial charge in [-0.2, -0.15) is 0 Å². The third kappa shape index (κ3) is 3.90. The van der Waals surface area contributed by atoms with Gasteiger partial charge in [-0.05, 0) is 53.9 Å². The Labute approximate surface area is 186 Å². The van der Waals surface area contributed by atoms with E-state index in [4.69, 9.17) is 0 Å². The molecule has 0 atom stereocenters. The van der Waals surface area contributed by atoms with E-state index in [0.29, 0.717) is 17.1 Å². The van der Waals surface area contributed by atoms with Crippen LogP contribution in [0.5, 0.6) is 0 Å². The molecular weight excluding hydrogens is 420 g/mol. The number of sulfone groups is 1. The molecular formula is C25H20N4O2S. The highest BCUT2D eigenvalue weighted by atomic mass is 32.2. The quantitative estimate of drug-likeness (QED) is 0.403. The van der Waals surface area contributed by atoms with Crippen molar-refractivity contribution in [1.82, 2.24) is 19.5 Å². The van der Waals surface area contributed by atoms with E-state index < -0.39 is 9.84 Å². The minimum atomic E-state index is -3.27. The summed E-state index contributed by atoms with van der Waals surface area (Å²) in [6.07, 6.45) is 5.30. The number of aromatic nitrogens is 4. The molecule has 2 heterocycles. The molecule has 0 saturated carbocycles. The molecule has 2 aromatic heterocycles.